The maximum absolute atomic E-state index is 6.25. The third-order valence-corrected chi connectivity index (χ3v) is 4.24. The number of nitrogens with zero attached hydrogens (tertiary/aromatic N) is 2. The van der Waals surface area contributed by atoms with Crippen molar-refractivity contribution in [2.24, 2.45) is 7.05 Å². The zero-order valence-corrected chi connectivity index (χ0v) is 13.2. The first-order valence-electron chi connectivity index (χ1n) is 7.38. The molecular weight excluding hydrogens is 286 g/mol. The van der Waals surface area contributed by atoms with E-state index in [0.717, 1.165) is 24.3 Å². The molecule has 0 bridgehead atoms. The molecule has 1 aromatic carbocycles. The quantitative estimate of drug-likeness (QED) is 0.929. The average Bonchev–Trinajstić information content (AvgIpc) is 2.85. The lowest BCUT2D eigenvalue weighted by Gasteiger charge is -2.25. The van der Waals surface area contributed by atoms with Gasteiger partial charge in [-0.3, -0.25) is 4.68 Å². The SMILES string of the molecule is CCOc1ccc(NC2CCCc3c2cnn3C)cc1Cl. The first-order valence-corrected chi connectivity index (χ1v) is 7.76. The molecule has 1 aliphatic carbocycles. The lowest BCUT2D eigenvalue weighted by Crippen LogP contribution is -2.17. The Hall–Kier alpha value is -1.68. The van der Waals surface area contributed by atoms with E-state index in [0.29, 0.717) is 17.7 Å². The van der Waals surface area contributed by atoms with Gasteiger partial charge in [0.15, 0.2) is 0 Å². The molecular formula is C16H20ClN3O. The lowest BCUT2D eigenvalue weighted by molar-refractivity contribution is 0.340. The van der Waals surface area contributed by atoms with E-state index in [4.69, 9.17) is 16.3 Å². The van der Waals surface area contributed by atoms with Crippen LogP contribution in [0.4, 0.5) is 5.69 Å². The van der Waals surface area contributed by atoms with E-state index in [1.54, 1.807) is 0 Å². The number of anilines is 1. The Morgan fingerprint density at radius 3 is 3.10 bits per heavy atom. The second-order valence-electron chi connectivity index (χ2n) is 5.34. The zero-order valence-electron chi connectivity index (χ0n) is 12.4. The molecule has 2 aromatic rings. The van der Waals surface area contributed by atoms with Gasteiger partial charge >= 0.3 is 0 Å². The van der Waals surface area contributed by atoms with Crippen molar-refractivity contribution in [1.29, 1.82) is 0 Å². The van der Waals surface area contributed by atoms with Crippen LogP contribution in [0.25, 0.3) is 0 Å². The second kappa shape index (κ2) is 5.98. The van der Waals surface area contributed by atoms with Crippen molar-refractivity contribution in [1.82, 2.24) is 9.78 Å². The summed E-state index contributed by atoms with van der Waals surface area (Å²) in [4.78, 5) is 0. The third-order valence-electron chi connectivity index (χ3n) is 3.95. The highest BCUT2D eigenvalue weighted by Gasteiger charge is 2.23. The fourth-order valence-electron chi connectivity index (χ4n) is 2.92. The summed E-state index contributed by atoms with van der Waals surface area (Å²) < 4.78 is 7.45. The number of benzene rings is 1. The molecule has 0 fully saturated rings. The van der Waals surface area contributed by atoms with Crippen LogP contribution < -0.4 is 10.1 Å². The molecule has 0 amide bonds. The van der Waals surface area contributed by atoms with Crippen LogP contribution in [0.3, 0.4) is 0 Å². The van der Waals surface area contributed by atoms with Crippen LogP contribution in [0.2, 0.25) is 5.02 Å². The Balaban J connectivity index is 1.80. The molecule has 1 N–H and O–H groups in total. The van der Waals surface area contributed by atoms with Crippen LogP contribution in [0.15, 0.2) is 24.4 Å². The molecule has 1 aliphatic rings. The summed E-state index contributed by atoms with van der Waals surface area (Å²) in [6.45, 7) is 2.57. The Labute approximate surface area is 130 Å². The van der Waals surface area contributed by atoms with E-state index in [1.165, 1.54) is 17.7 Å². The number of rotatable bonds is 4. The predicted molar refractivity (Wildman–Crippen MR) is 85.1 cm³/mol. The lowest BCUT2D eigenvalue weighted by atomic mass is 9.93. The van der Waals surface area contributed by atoms with Crippen molar-refractivity contribution in [3.05, 3.63) is 40.7 Å². The van der Waals surface area contributed by atoms with Gasteiger partial charge in [-0.25, -0.2) is 0 Å². The molecule has 21 heavy (non-hydrogen) atoms. The summed E-state index contributed by atoms with van der Waals surface area (Å²) in [5.41, 5.74) is 3.65. The largest absolute Gasteiger partial charge is 0.492 e. The molecule has 1 atom stereocenters. The Bertz CT molecular complexity index is 638. The minimum Gasteiger partial charge on any atom is -0.492 e. The first-order chi connectivity index (χ1) is 10.2. The molecule has 0 spiro atoms. The summed E-state index contributed by atoms with van der Waals surface area (Å²) in [6, 6.07) is 6.16. The molecule has 1 unspecified atom stereocenters. The maximum atomic E-state index is 6.25. The molecule has 1 heterocycles. The molecule has 4 nitrogen and oxygen atoms in total. The number of hydrogen-bond donors (Lipinski definition) is 1. The normalized spacial score (nSPS) is 17.4. The van der Waals surface area contributed by atoms with Crippen LogP contribution in [0.5, 0.6) is 5.75 Å². The standard InChI is InChI=1S/C16H20ClN3O/c1-3-21-16-8-7-11(9-13(16)17)19-14-5-4-6-15-12(14)10-18-20(15)2/h7-10,14,19H,3-6H2,1-2H3. The van der Waals surface area contributed by atoms with Crippen molar-refractivity contribution in [2.45, 2.75) is 32.2 Å². The average molecular weight is 306 g/mol. The molecule has 5 heteroatoms. The summed E-state index contributed by atoms with van der Waals surface area (Å²) in [6.07, 6.45) is 5.37. The Kier molecular flexibility index (Phi) is 4.06. The monoisotopic (exact) mass is 305 g/mol. The fraction of sp³-hybridized carbons (Fsp3) is 0.438. The van der Waals surface area contributed by atoms with Crippen LogP contribution in [-0.2, 0) is 13.5 Å². The van der Waals surface area contributed by atoms with Gasteiger partial charge in [-0.05, 0) is 44.4 Å². The van der Waals surface area contributed by atoms with Crippen LogP contribution in [-0.4, -0.2) is 16.4 Å². The highest BCUT2D eigenvalue weighted by atomic mass is 35.5. The summed E-state index contributed by atoms with van der Waals surface area (Å²) in [5.74, 6) is 0.732. The van der Waals surface area contributed by atoms with Gasteiger partial charge in [0.1, 0.15) is 5.75 Å². The van der Waals surface area contributed by atoms with Crippen molar-refractivity contribution in [3.63, 3.8) is 0 Å². The number of halogens is 1. The summed E-state index contributed by atoms with van der Waals surface area (Å²) in [5, 5.41) is 8.59. The highest BCUT2D eigenvalue weighted by Crippen LogP contribution is 2.34. The van der Waals surface area contributed by atoms with Crippen molar-refractivity contribution in [2.75, 3.05) is 11.9 Å². The molecule has 112 valence electrons. The van der Waals surface area contributed by atoms with Gasteiger partial charge in [0.25, 0.3) is 0 Å². The Morgan fingerprint density at radius 1 is 1.48 bits per heavy atom. The molecule has 0 aliphatic heterocycles. The van der Waals surface area contributed by atoms with Crippen LogP contribution >= 0.6 is 11.6 Å². The van der Waals surface area contributed by atoms with E-state index in [-0.39, 0.29) is 0 Å². The fourth-order valence-corrected chi connectivity index (χ4v) is 3.16. The van der Waals surface area contributed by atoms with Gasteiger partial charge in [0, 0.05) is 24.0 Å². The zero-order chi connectivity index (χ0) is 14.8. The number of fused-ring (bicyclic) bond motifs is 1. The van der Waals surface area contributed by atoms with E-state index < -0.39 is 0 Å². The van der Waals surface area contributed by atoms with Gasteiger partial charge in [-0.2, -0.15) is 5.10 Å². The number of ether oxygens (including phenoxy) is 1. The van der Waals surface area contributed by atoms with E-state index >= 15 is 0 Å². The minimum absolute atomic E-state index is 0.302. The predicted octanol–water partition coefficient (Wildman–Crippen LogP) is 3.96. The number of aryl methyl sites for hydroxylation is 1. The van der Waals surface area contributed by atoms with Gasteiger partial charge in [-0.1, -0.05) is 11.6 Å². The highest BCUT2D eigenvalue weighted by molar-refractivity contribution is 6.32. The molecule has 3 rings (SSSR count). The summed E-state index contributed by atoms with van der Waals surface area (Å²) >= 11 is 6.25. The van der Waals surface area contributed by atoms with Crippen LogP contribution in [0.1, 0.15) is 37.1 Å². The van der Waals surface area contributed by atoms with Gasteiger partial charge in [0.05, 0.1) is 23.9 Å². The molecule has 0 saturated heterocycles. The van der Waals surface area contributed by atoms with Gasteiger partial charge in [-0.15, -0.1) is 0 Å². The van der Waals surface area contributed by atoms with Crippen molar-refractivity contribution < 1.29 is 4.74 Å². The van der Waals surface area contributed by atoms with E-state index in [1.807, 2.05) is 43.0 Å². The molecule has 1 aromatic heterocycles. The molecule has 0 saturated carbocycles. The minimum atomic E-state index is 0.302. The first kappa shape index (κ1) is 14.3. The summed E-state index contributed by atoms with van der Waals surface area (Å²) in [7, 11) is 2.01. The Morgan fingerprint density at radius 2 is 2.33 bits per heavy atom. The van der Waals surface area contributed by atoms with Crippen LogP contribution in [0, 0.1) is 0 Å². The van der Waals surface area contributed by atoms with Crippen molar-refractivity contribution in [3.8, 4) is 5.75 Å². The van der Waals surface area contributed by atoms with Gasteiger partial charge in [0.2, 0.25) is 0 Å². The van der Waals surface area contributed by atoms with E-state index in [9.17, 15) is 0 Å². The number of nitrogens with one attached hydrogen (secondary N) is 1. The van der Waals surface area contributed by atoms with Crippen molar-refractivity contribution >= 4 is 17.3 Å². The maximum Gasteiger partial charge on any atom is 0.138 e. The molecule has 0 radical (unpaired) electrons. The third kappa shape index (κ3) is 2.86. The second-order valence-corrected chi connectivity index (χ2v) is 5.74. The van der Waals surface area contributed by atoms with E-state index in [2.05, 4.69) is 10.4 Å². The topological polar surface area (TPSA) is 39.1 Å². The number of aromatic nitrogens is 2. The van der Waals surface area contributed by atoms with Gasteiger partial charge < -0.3 is 10.1 Å². The smallest absolute Gasteiger partial charge is 0.138 e. The number of hydrogen-bond acceptors (Lipinski definition) is 3.